The summed E-state index contributed by atoms with van der Waals surface area (Å²) in [6.45, 7) is 3.70. The number of nitrogens with one attached hydrogen (secondary N) is 2. The van der Waals surface area contributed by atoms with Crippen molar-refractivity contribution in [1.82, 2.24) is 10.6 Å². The molecule has 120 valence electrons. The lowest BCUT2D eigenvalue weighted by molar-refractivity contribution is -0.143. The van der Waals surface area contributed by atoms with Gasteiger partial charge in [-0.1, -0.05) is 13.8 Å². The van der Waals surface area contributed by atoms with Crippen molar-refractivity contribution in [2.24, 2.45) is 11.7 Å². The first-order valence-electron chi connectivity index (χ1n) is 6.33. The van der Waals surface area contributed by atoms with E-state index in [0.717, 1.165) is 0 Å². The highest BCUT2D eigenvalue weighted by molar-refractivity contribution is 5.89. The first-order chi connectivity index (χ1) is 9.67. The highest BCUT2D eigenvalue weighted by Crippen LogP contribution is 2.06. The Morgan fingerprint density at radius 3 is 2.05 bits per heavy atom. The molecule has 0 radical (unpaired) electrons. The Bertz CT molecular complexity index is 410. The van der Waals surface area contributed by atoms with Crippen molar-refractivity contribution in [1.29, 1.82) is 0 Å². The Kier molecular flexibility index (Phi) is 7.80. The normalized spacial score (nSPS) is 13.1. The van der Waals surface area contributed by atoms with E-state index in [1.807, 2.05) is 13.8 Å². The van der Waals surface area contributed by atoms with E-state index in [9.17, 15) is 19.2 Å². The van der Waals surface area contributed by atoms with Gasteiger partial charge in [0.05, 0.1) is 13.5 Å². The first-order valence-corrected chi connectivity index (χ1v) is 6.33. The van der Waals surface area contributed by atoms with Crippen molar-refractivity contribution in [2.45, 2.75) is 38.8 Å². The van der Waals surface area contributed by atoms with Crippen LogP contribution < -0.4 is 16.4 Å². The van der Waals surface area contributed by atoms with Crippen LogP contribution in [0.2, 0.25) is 0 Å². The maximum absolute atomic E-state index is 11.7. The highest BCUT2D eigenvalue weighted by atomic mass is 16.5. The molecule has 0 heterocycles. The van der Waals surface area contributed by atoms with Crippen molar-refractivity contribution in [2.75, 3.05) is 7.11 Å². The number of carboxylic acids is 1. The molecule has 0 saturated carbocycles. The van der Waals surface area contributed by atoms with Gasteiger partial charge in [-0.25, -0.2) is 14.4 Å². The van der Waals surface area contributed by atoms with E-state index in [-0.39, 0.29) is 5.92 Å². The van der Waals surface area contributed by atoms with E-state index >= 15 is 0 Å². The van der Waals surface area contributed by atoms with Gasteiger partial charge in [0.25, 0.3) is 0 Å². The van der Waals surface area contributed by atoms with Gasteiger partial charge in [-0.05, 0) is 12.3 Å². The molecule has 0 aliphatic rings. The Labute approximate surface area is 122 Å². The molecule has 2 atom stereocenters. The van der Waals surface area contributed by atoms with Gasteiger partial charge in [-0.2, -0.15) is 0 Å². The molecule has 0 rings (SSSR count). The van der Waals surface area contributed by atoms with E-state index in [0.29, 0.717) is 6.42 Å². The van der Waals surface area contributed by atoms with E-state index in [1.54, 1.807) is 0 Å². The molecule has 9 heteroatoms. The van der Waals surface area contributed by atoms with Crippen LogP contribution in [0.4, 0.5) is 4.79 Å². The van der Waals surface area contributed by atoms with Crippen LogP contribution in [0.25, 0.3) is 0 Å². The summed E-state index contributed by atoms with van der Waals surface area (Å²) in [4.78, 5) is 44.8. The van der Waals surface area contributed by atoms with Gasteiger partial charge in [0.2, 0.25) is 5.91 Å². The molecule has 0 saturated heterocycles. The smallest absolute Gasteiger partial charge is 0.328 e. The van der Waals surface area contributed by atoms with E-state index < -0.39 is 42.4 Å². The maximum Gasteiger partial charge on any atom is 0.328 e. The van der Waals surface area contributed by atoms with Gasteiger partial charge in [0.1, 0.15) is 12.1 Å². The first kappa shape index (κ1) is 18.7. The molecular weight excluding hydrogens is 282 g/mol. The van der Waals surface area contributed by atoms with Crippen LogP contribution in [0.1, 0.15) is 26.7 Å². The number of rotatable bonds is 8. The quantitative estimate of drug-likeness (QED) is 0.431. The monoisotopic (exact) mass is 303 g/mol. The number of esters is 1. The number of primary amides is 1. The van der Waals surface area contributed by atoms with E-state index in [4.69, 9.17) is 10.8 Å². The zero-order chi connectivity index (χ0) is 16.6. The molecule has 0 spiro atoms. The standard InChI is InChI=1S/C12H21N3O6/c1-6(2)4-8(11(19)21-3)15-12(20)14-7(10(17)18)5-9(13)16/h6-8H,4-5H2,1-3H3,(H2,13,16)(H,17,18)(H2,14,15,20)/t7-,8?/m1/s1. The third-order valence-corrected chi connectivity index (χ3v) is 2.51. The average Bonchev–Trinajstić information content (AvgIpc) is 2.34. The Morgan fingerprint density at radius 2 is 1.67 bits per heavy atom. The summed E-state index contributed by atoms with van der Waals surface area (Å²) in [5.74, 6) is -2.80. The van der Waals surface area contributed by atoms with Crippen LogP contribution in [-0.2, 0) is 19.1 Å². The summed E-state index contributed by atoms with van der Waals surface area (Å²) in [6.07, 6.45) is -0.219. The second kappa shape index (κ2) is 8.77. The fourth-order valence-corrected chi connectivity index (χ4v) is 1.59. The van der Waals surface area contributed by atoms with Crippen molar-refractivity contribution in [3.63, 3.8) is 0 Å². The van der Waals surface area contributed by atoms with Crippen molar-refractivity contribution in [3.8, 4) is 0 Å². The lowest BCUT2D eigenvalue weighted by Crippen LogP contribution is -2.52. The van der Waals surface area contributed by atoms with Gasteiger partial charge in [0.15, 0.2) is 0 Å². The van der Waals surface area contributed by atoms with Crippen LogP contribution in [0.3, 0.4) is 0 Å². The number of carbonyl (C=O) groups excluding carboxylic acids is 3. The van der Waals surface area contributed by atoms with Gasteiger partial charge >= 0.3 is 18.0 Å². The molecule has 0 bridgehead atoms. The Hall–Kier alpha value is -2.32. The fraction of sp³-hybridized carbons (Fsp3) is 0.667. The highest BCUT2D eigenvalue weighted by Gasteiger charge is 2.26. The number of amides is 3. The molecule has 1 unspecified atom stereocenters. The van der Waals surface area contributed by atoms with Gasteiger partial charge in [0, 0.05) is 0 Å². The lowest BCUT2D eigenvalue weighted by atomic mass is 10.0. The molecular formula is C12H21N3O6. The van der Waals surface area contributed by atoms with Crippen molar-refractivity contribution < 1.29 is 29.0 Å². The maximum atomic E-state index is 11.7. The minimum absolute atomic E-state index is 0.107. The van der Waals surface area contributed by atoms with Gasteiger partial charge in [-0.15, -0.1) is 0 Å². The van der Waals surface area contributed by atoms with Crippen LogP contribution in [-0.4, -0.2) is 48.2 Å². The summed E-state index contributed by atoms with van der Waals surface area (Å²) in [7, 11) is 1.18. The average molecular weight is 303 g/mol. The second-order valence-corrected chi connectivity index (χ2v) is 4.88. The number of urea groups is 1. The lowest BCUT2D eigenvalue weighted by Gasteiger charge is -2.20. The third-order valence-electron chi connectivity index (χ3n) is 2.51. The summed E-state index contributed by atoms with van der Waals surface area (Å²) < 4.78 is 4.56. The molecule has 0 aliphatic carbocycles. The molecule has 0 aromatic heterocycles. The number of hydrogen-bond donors (Lipinski definition) is 4. The summed E-state index contributed by atoms with van der Waals surface area (Å²) in [6, 6.07) is -3.25. The number of hydrogen-bond acceptors (Lipinski definition) is 5. The number of carboxylic acid groups (broad SMARTS) is 1. The minimum Gasteiger partial charge on any atom is -0.480 e. The number of nitrogens with two attached hydrogens (primary N) is 1. The number of aliphatic carboxylic acids is 1. The zero-order valence-corrected chi connectivity index (χ0v) is 12.2. The third kappa shape index (κ3) is 7.75. The molecule has 0 aliphatic heterocycles. The Morgan fingerprint density at radius 1 is 1.14 bits per heavy atom. The zero-order valence-electron chi connectivity index (χ0n) is 12.2. The van der Waals surface area contributed by atoms with Crippen LogP contribution in [0.15, 0.2) is 0 Å². The summed E-state index contributed by atoms with van der Waals surface area (Å²) in [5, 5.41) is 13.3. The Balaban J connectivity index is 4.70. The van der Waals surface area contributed by atoms with E-state index in [2.05, 4.69) is 15.4 Å². The summed E-state index contributed by atoms with van der Waals surface area (Å²) in [5.41, 5.74) is 4.90. The molecule has 5 N–H and O–H groups in total. The number of methoxy groups -OCH3 is 1. The summed E-state index contributed by atoms with van der Waals surface area (Å²) >= 11 is 0. The number of ether oxygens (including phenoxy) is 1. The van der Waals surface area contributed by atoms with Crippen LogP contribution >= 0.6 is 0 Å². The predicted molar refractivity (Wildman–Crippen MR) is 72.2 cm³/mol. The van der Waals surface area contributed by atoms with Crippen molar-refractivity contribution >= 4 is 23.9 Å². The van der Waals surface area contributed by atoms with Gasteiger partial charge in [-0.3, -0.25) is 4.79 Å². The second-order valence-electron chi connectivity index (χ2n) is 4.88. The van der Waals surface area contributed by atoms with Crippen LogP contribution in [0.5, 0.6) is 0 Å². The topological polar surface area (TPSA) is 148 Å². The number of carbonyl (C=O) groups is 4. The molecule has 9 nitrogen and oxygen atoms in total. The van der Waals surface area contributed by atoms with Gasteiger partial charge < -0.3 is 26.2 Å². The predicted octanol–water partition coefficient (Wildman–Crippen LogP) is -0.798. The molecule has 3 amide bonds. The minimum atomic E-state index is -1.46. The molecule has 0 aromatic rings. The molecule has 0 fully saturated rings. The SMILES string of the molecule is COC(=O)C(CC(C)C)NC(=O)N[C@H](CC(N)=O)C(=O)O. The van der Waals surface area contributed by atoms with E-state index in [1.165, 1.54) is 7.11 Å². The largest absolute Gasteiger partial charge is 0.480 e. The fourth-order valence-electron chi connectivity index (χ4n) is 1.59. The van der Waals surface area contributed by atoms with Crippen LogP contribution in [0, 0.1) is 5.92 Å². The molecule has 0 aromatic carbocycles. The molecule has 21 heavy (non-hydrogen) atoms. The van der Waals surface area contributed by atoms with Crippen molar-refractivity contribution in [3.05, 3.63) is 0 Å².